The Labute approximate surface area is 193 Å². The average molecular weight is 445 g/mol. The second-order valence-electron chi connectivity index (χ2n) is 8.85. The monoisotopic (exact) mass is 444 g/mol. The lowest BCUT2D eigenvalue weighted by atomic mass is 9.86. The number of methoxy groups -OCH3 is 1. The van der Waals surface area contributed by atoms with Crippen LogP contribution in [0.1, 0.15) is 12.8 Å². The van der Waals surface area contributed by atoms with Gasteiger partial charge in [-0.3, -0.25) is 4.79 Å². The van der Waals surface area contributed by atoms with E-state index in [9.17, 15) is 4.79 Å². The normalized spacial score (nSPS) is 20.7. The van der Waals surface area contributed by atoms with Gasteiger partial charge in [0, 0.05) is 49.7 Å². The third-order valence-electron chi connectivity index (χ3n) is 6.57. The number of hydrogen-bond donors (Lipinski definition) is 2. The average Bonchev–Trinajstić information content (AvgIpc) is 3.43. The highest BCUT2D eigenvalue weighted by Crippen LogP contribution is 2.38. The lowest BCUT2D eigenvalue weighted by Crippen LogP contribution is -2.38. The maximum Gasteiger partial charge on any atom is 0.220 e. The molecule has 3 heterocycles. The fraction of sp³-hybridized carbons (Fsp3) is 0.385. The zero-order valence-corrected chi connectivity index (χ0v) is 19.0. The quantitative estimate of drug-likeness (QED) is 0.489. The van der Waals surface area contributed by atoms with Crippen molar-refractivity contribution >= 4 is 23.4 Å². The minimum absolute atomic E-state index is 0.00928. The van der Waals surface area contributed by atoms with Crippen molar-refractivity contribution in [3.05, 3.63) is 52.4 Å². The van der Waals surface area contributed by atoms with Gasteiger partial charge in [-0.1, -0.05) is 5.73 Å². The number of likely N-dealkylation sites (N-methyl/N-ethyl adjacent to an activating group) is 1. The lowest BCUT2D eigenvalue weighted by Gasteiger charge is -2.24. The third kappa shape index (κ3) is 4.27. The van der Waals surface area contributed by atoms with Gasteiger partial charge in [0.2, 0.25) is 5.91 Å². The predicted molar refractivity (Wildman–Crippen MR) is 127 cm³/mol. The van der Waals surface area contributed by atoms with E-state index in [0.29, 0.717) is 18.8 Å². The Morgan fingerprint density at radius 2 is 2.12 bits per heavy atom. The molecule has 0 unspecified atom stereocenters. The van der Waals surface area contributed by atoms with E-state index in [0.717, 1.165) is 65.9 Å². The van der Waals surface area contributed by atoms with Crippen molar-refractivity contribution in [1.82, 2.24) is 15.6 Å². The van der Waals surface area contributed by atoms with Gasteiger partial charge in [0.25, 0.3) is 0 Å². The highest BCUT2D eigenvalue weighted by atomic mass is 16.5. The van der Waals surface area contributed by atoms with Crippen LogP contribution in [0, 0.1) is 5.41 Å². The number of rotatable bonds is 7. The standard InChI is InChI=1S/C26H28N4O3/c1-27-10-12-33-19-5-3-18(4-6-19)22-14-24(21-8-7-20(32-2)13-23(21)29-22)30-11-9-26(17-30)15-25(31)28-16-26/h3-6,13-14,27H,9-12,15-17H2,1-2H3,(H,28,31)/t26-/m0/s1. The summed E-state index contributed by atoms with van der Waals surface area (Å²) in [6, 6.07) is 10.1. The van der Waals surface area contributed by atoms with Gasteiger partial charge in [0.1, 0.15) is 12.4 Å². The van der Waals surface area contributed by atoms with Crippen LogP contribution in [0.3, 0.4) is 0 Å². The van der Waals surface area contributed by atoms with Crippen LogP contribution < -0.4 is 30.8 Å². The third-order valence-corrected chi connectivity index (χ3v) is 6.57. The molecule has 2 aliphatic heterocycles. The topological polar surface area (TPSA) is 75.7 Å². The molecule has 3 aliphatic rings. The van der Waals surface area contributed by atoms with Crippen molar-refractivity contribution in [3.63, 3.8) is 0 Å². The second kappa shape index (κ2) is 8.80. The molecule has 2 aromatic rings. The molecule has 1 atom stereocenters. The lowest BCUT2D eigenvalue weighted by molar-refractivity contribution is -0.119. The number of ether oxygens (including phenoxy) is 2. The first-order valence-corrected chi connectivity index (χ1v) is 11.3. The largest absolute Gasteiger partial charge is 0.492 e. The van der Waals surface area contributed by atoms with Crippen molar-refractivity contribution < 1.29 is 14.3 Å². The van der Waals surface area contributed by atoms with E-state index in [2.05, 4.69) is 33.1 Å². The first-order chi connectivity index (χ1) is 16.1. The highest BCUT2D eigenvalue weighted by molar-refractivity contribution is 5.79. The van der Waals surface area contributed by atoms with Crippen molar-refractivity contribution in [2.75, 3.05) is 51.8 Å². The molecule has 2 fully saturated rings. The van der Waals surface area contributed by atoms with Crippen LogP contribution in [-0.2, 0) is 9.53 Å². The molecule has 170 valence electrons. The zero-order chi connectivity index (χ0) is 22.8. The number of fused-ring (bicyclic) bond motifs is 1. The van der Waals surface area contributed by atoms with Crippen LogP contribution in [0.15, 0.2) is 41.8 Å². The summed E-state index contributed by atoms with van der Waals surface area (Å²) >= 11 is 0. The first kappa shape index (κ1) is 21.4. The number of hydrogen-bond acceptors (Lipinski definition) is 6. The van der Waals surface area contributed by atoms with Gasteiger partial charge in [0.15, 0.2) is 5.76 Å². The molecule has 7 heteroatoms. The van der Waals surface area contributed by atoms with Gasteiger partial charge < -0.3 is 25.0 Å². The fourth-order valence-corrected chi connectivity index (χ4v) is 4.75. The molecule has 0 bridgehead atoms. The van der Waals surface area contributed by atoms with E-state index < -0.39 is 0 Å². The Kier molecular flexibility index (Phi) is 5.69. The minimum Gasteiger partial charge on any atom is -0.492 e. The Hall–Kier alpha value is -3.50. The fourth-order valence-electron chi connectivity index (χ4n) is 4.75. The molecule has 0 radical (unpaired) electrons. The van der Waals surface area contributed by atoms with E-state index in [4.69, 9.17) is 14.5 Å². The van der Waals surface area contributed by atoms with Gasteiger partial charge in [-0.05, 0) is 49.5 Å². The smallest absolute Gasteiger partial charge is 0.220 e. The number of allylic oxidation sites excluding steroid dienone is 1. The van der Waals surface area contributed by atoms with Crippen molar-refractivity contribution in [2.24, 2.45) is 5.41 Å². The molecular weight excluding hydrogens is 416 g/mol. The number of pyridine rings is 1. The number of nitrogens with one attached hydrogen (secondary N) is 2. The maximum atomic E-state index is 11.9. The summed E-state index contributed by atoms with van der Waals surface area (Å²) in [7, 11) is 3.53. The molecular formula is C26H28N4O3. The molecule has 7 nitrogen and oxygen atoms in total. The number of carbonyl (C=O) groups is 1. The molecule has 0 saturated carbocycles. The van der Waals surface area contributed by atoms with Crippen LogP contribution in [-0.4, -0.2) is 57.8 Å². The highest BCUT2D eigenvalue weighted by Gasteiger charge is 2.44. The van der Waals surface area contributed by atoms with Crippen LogP contribution in [0.2, 0.25) is 0 Å². The number of nitrogens with zero attached hydrogens (tertiary/aromatic N) is 2. The van der Waals surface area contributed by atoms with Crippen molar-refractivity contribution in [1.29, 1.82) is 0 Å². The molecule has 1 spiro atoms. The predicted octanol–water partition coefficient (Wildman–Crippen LogP) is 0.922. The molecule has 1 aromatic heterocycles. The summed E-state index contributed by atoms with van der Waals surface area (Å²) in [5.41, 5.74) is 9.31. The van der Waals surface area contributed by atoms with E-state index in [1.54, 1.807) is 7.11 Å². The molecule has 2 saturated heterocycles. The summed E-state index contributed by atoms with van der Waals surface area (Å²) in [5.74, 6) is 1.59. The van der Waals surface area contributed by atoms with Crippen LogP contribution in [0.5, 0.6) is 5.75 Å². The molecule has 5 rings (SSSR count). The van der Waals surface area contributed by atoms with Crippen LogP contribution in [0.4, 0.5) is 5.69 Å². The Morgan fingerprint density at radius 3 is 2.85 bits per heavy atom. The molecule has 1 aliphatic carbocycles. The number of benzene rings is 1. The van der Waals surface area contributed by atoms with Gasteiger partial charge >= 0.3 is 0 Å². The van der Waals surface area contributed by atoms with E-state index in [1.165, 1.54) is 0 Å². The number of anilines is 1. The summed E-state index contributed by atoms with van der Waals surface area (Å²) in [4.78, 5) is 19.2. The molecule has 2 N–H and O–H groups in total. The summed E-state index contributed by atoms with van der Waals surface area (Å²) in [6.45, 7) is 3.89. The van der Waals surface area contributed by atoms with Gasteiger partial charge in [-0.15, -0.1) is 0 Å². The van der Waals surface area contributed by atoms with Crippen LogP contribution in [0.25, 0.3) is 23.1 Å². The van der Waals surface area contributed by atoms with Crippen molar-refractivity contribution in [2.45, 2.75) is 12.8 Å². The Morgan fingerprint density at radius 1 is 1.27 bits per heavy atom. The maximum absolute atomic E-state index is 11.9. The number of amides is 1. The minimum atomic E-state index is 0.00928. The number of aromatic nitrogens is 1. The van der Waals surface area contributed by atoms with E-state index in [-0.39, 0.29) is 11.3 Å². The number of carbonyl (C=O) groups excluding carboxylic acids is 1. The molecule has 33 heavy (non-hydrogen) atoms. The summed E-state index contributed by atoms with van der Waals surface area (Å²) in [6.07, 6.45) is 3.49. The second-order valence-corrected chi connectivity index (χ2v) is 8.85. The van der Waals surface area contributed by atoms with Crippen LogP contribution >= 0.6 is 0 Å². The molecule has 1 aromatic carbocycles. The first-order valence-electron chi connectivity index (χ1n) is 11.3. The summed E-state index contributed by atoms with van der Waals surface area (Å²) in [5, 5.41) is 7.82. The van der Waals surface area contributed by atoms with Gasteiger partial charge in [-0.25, -0.2) is 4.98 Å². The van der Waals surface area contributed by atoms with Gasteiger partial charge in [-0.2, -0.15) is 0 Å². The Balaban J connectivity index is 1.52. The van der Waals surface area contributed by atoms with Gasteiger partial charge in [0.05, 0.1) is 29.1 Å². The van der Waals surface area contributed by atoms with Crippen molar-refractivity contribution in [3.8, 4) is 17.0 Å². The zero-order valence-electron chi connectivity index (χ0n) is 19.0. The van der Waals surface area contributed by atoms with E-state index in [1.807, 2.05) is 37.4 Å². The molecule has 1 amide bonds. The van der Waals surface area contributed by atoms with E-state index >= 15 is 0 Å². The summed E-state index contributed by atoms with van der Waals surface area (Å²) < 4.78 is 11.1. The Bertz CT molecular complexity index is 1270. The SMILES string of the molecule is CNCCOc1ccc(-c2cc(N3CC[C@]4(CNC(=O)C4)C3)c3c(n2)=CC(OC)=C=C=3)cc1.